The molecule has 0 aliphatic carbocycles. The average Bonchev–Trinajstić information content (AvgIpc) is 4.24. The summed E-state index contributed by atoms with van der Waals surface area (Å²) in [6.07, 6.45) is 14.2. The van der Waals surface area contributed by atoms with Crippen LogP contribution in [0.5, 0.6) is 0 Å². The van der Waals surface area contributed by atoms with Gasteiger partial charge in [0.1, 0.15) is 11.6 Å². The summed E-state index contributed by atoms with van der Waals surface area (Å²) < 4.78 is 33.8. The Bertz CT molecular complexity index is 2850. The number of likely N-dealkylation sites (tertiary alicyclic amines) is 2. The predicted molar refractivity (Wildman–Crippen MR) is 269 cm³/mol. The number of para-hydroxylation sites is 2. The number of carbonyl (C=O) groups is 2. The lowest BCUT2D eigenvalue weighted by Crippen LogP contribution is -2.54. The smallest absolute Gasteiger partial charge is 0.238 e. The minimum atomic E-state index is -0.499. The van der Waals surface area contributed by atoms with Crippen LogP contribution in [0.15, 0.2) is 110 Å². The Labute approximate surface area is 407 Å². The lowest BCUT2D eigenvalue weighted by molar-refractivity contribution is -0.126. The zero-order valence-electron chi connectivity index (χ0n) is 39.6. The third-order valence-corrected chi connectivity index (χ3v) is 17.2. The summed E-state index contributed by atoms with van der Waals surface area (Å²) in [5.41, 5.74) is 7.51. The molecule has 12 rings (SSSR count). The normalized spacial score (nSPS) is 22.0. The van der Waals surface area contributed by atoms with Crippen molar-refractivity contribution in [2.75, 3.05) is 60.6 Å². The van der Waals surface area contributed by atoms with Crippen molar-refractivity contribution in [2.45, 2.75) is 80.9 Å². The fourth-order valence-corrected chi connectivity index (χ4v) is 13.4. The van der Waals surface area contributed by atoms with Gasteiger partial charge >= 0.3 is 0 Å². The van der Waals surface area contributed by atoms with Gasteiger partial charge in [0.25, 0.3) is 0 Å². The number of piperidine rings is 3. The number of halogens is 2. The first kappa shape index (κ1) is 45.8. The fourth-order valence-electron chi connectivity index (χ4n) is 12.2. The Hall–Kier alpha value is -5.67. The van der Waals surface area contributed by atoms with Gasteiger partial charge in [-0.25, -0.2) is 8.78 Å². The van der Waals surface area contributed by atoms with Crippen molar-refractivity contribution in [2.24, 2.45) is 14.1 Å². The van der Waals surface area contributed by atoms with Crippen LogP contribution in [-0.2, 0) is 47.6 Å². The van der Waals surface area contributed by atoms with E-state index in [-0.39, 0.29) is 36.5 Å². The second kappa shape index (κ2) is 18.9. The molecular formula is C55H61F2N9O2S. The van der Waals surface area contributed by atoms with E-state index in [2.05, 4.69) is 37.4 Å². The molecule has 2 atom stereocenters. The molecule has 1 N–H and O–H groups in total. The maximum atomic E-state index is 15.2. The van der Waals surface area contributed by atoms with E-state index >= 15 is 8.78 Å². The standard InChI is InChI=1S/C28H32FN5O.C27H29FN4OS/c1-32-18-22(16-31-32)20-8-9-21(25(29)15-20)19-34-26-7-3-2-6-24(26)28(27(34)35)10-13-33(14-11-28)23-5-4-12-30-17-23;1-30-16-21(15-29-30)19-6-7-20(24(28)14-19)17-32-25-5-3-2-4-23(25)27(26(32)33)9-11-31(12-10-27)22-8-13-34-18-22/h2-3,6-9,15-16,18,23,30H,4-5,10-14,17,19H2,1H3;2-7,14-16,22H,8-13,17-18H2,1H3. The zero-order valence-corrected chi connectivity index (χ0v) is 40.4. The lowest BCUT2D eigenvalue weighted by Gasteiger charge is -2.43. The third-order valence-electron chi connectivity index (χ3n) is 16.1. The molecule has 8 heterocycles. The Morgan fingerprint density at radius 1 is 0.638 bits per heavy atom. The number of hydrogen-bond donors (Lipinski definition) is 1. The summed E-state index contributed by atoms with van der Waals surface area (Å²) in [5, 5.41) is 11.9. The Kier molecular flexibility index (Phi) is 12.5. The number of nitrogens with one attached hydrogen (secondary N) is 1. The summed E-state index contributed by atoms with van der Waals surface area (Å²) in [7, 11) is 3.69. The number of benzene rings is 4. The molecule has 14 heteroatoms. The highest BCUT2D eigenvalue weighted by atomic mass is 32.2. The van der Waals surface area contributed by atoms with Gasteiger partial charge in [0, 0.05) is 84.5 Å². The van der Waals surface area contributed by atoms with E-state index in [1.165, 1.54) is 30.8 Å². The van der Waals surface area contributed by atoms with Crippen molar-refractivity contribution in [3.05, 3.63) is 144 Å². The van der Waals surface area contributed by atoms with Gasteiger partial charge in [-0.3, -0.25) is 28.8 Å². The zero-order chi connectivity index (χ0) is 47.3. The predicted octanol–water partition coefficient (Wildman–Crippen LogP) is 8.47. The summed E-state index contributed by atoms with van der Waals surface area (Å²) in [6, 6.07) is 28.0. The van der Waals surface area contributed by atoms with Gasteiger partial charge in [-0.2, -0.15) is 22.0 Å². The number of thioether (sulfide) groups is 1. The number of aryl methyl sites for hydroxylation is 2. The average molecular weight is 950 g/mol. The largest absolute Gasteiger partial charge is 0.315 e. The van der Waals surface area contributed by atoms with Crippen LogP contribution in [0.4, 0.5) is 20.2 Å². The van der Waals surface area contributed by atoms with Crippen molar-refractivity contribution in [3.63, 3.8) is 0 Å². The number of aromatic nitrogens is 4. The molecule has 2 aromatic heterocycles. The molecule has 4 aromatic carbocycles. The summed E-state index contributed by atoms with van der Waals surface area (Å²) in [4.78, 5) is 36.7. The van der Waals surface area contributed by atoms with Crippen molar-refractivity contribution in [1.82, 2.24) is 34.7 Å². The summed E-state index contributed by atoms with van der Waals surface area (Å²) in [5.74, 6) is 2.12. The molecule has 2 amide bonds. The van der Waals surface area contributed by atoms with Crippen molar-refractivity contribution < 1.29 is 18.4 Å². The number of amides is 2. The van der Waals surface area contributed by atoms with E-state index in [9.17, 15) is 9.59 Å². The highest BCUT2D eigenvalue weighted by molar-refractivity contribution is 7.99. The first-order valence-electron chi connectivity index (χ1n) is 24.7. The molecule has 69 heavy (non-hydrogen) atoms. The number of carbonyl (C=O) groups excluding carboxylic acids is 2. The Morgan fingerprint density at radius 3 is 1.55 bits per heavy atom. The van der Waals surface area contributed by atoms with Crippen LogP contribution in [0.1, 0.15) is 67.2 Å². The van der Waals surface area contributed by atoms with E-state index < -0.39 is 10.8 Å². The number of hydrogen-bond acceptors (Lipinski definition) is 8. The topological polar surface area (TPSA) is 94.8 Å². The van der Waals surface area contributed by atoms with E-state index in [1.54, 1.807) is 46.0 Å². The van der Waals surface area contributed by atoms with Crippen LogP contribution in [0.2, 0.25) is 0 Å². The van der Waals surface area contributed by atoms with Crippen molar-refractivity contribution in [3.8, 4) is 22.3 Å². The molecule has 6 aliphatic rings. The number of anilines is 2. The monoisotopic (exact) mass is 949 g/mol. The molecule has 4 saturated heterocycles. The van der Waals surface area contributed by atoms with Crippen LogP contribution >= 0.6 is 11.8 Å². The van der Waals surface area contributed by atoms with E-state index in [0.29, 0.717) is 23.2 Å². The van der Waals surface area contributed by atoms with Gasteiger partial charge in [-0.15, -0.1) is 0 Å². The second-order valence-electron chi connectivity index (χ2n) is 20.0. The quantitative estimate of drug-likeness (QED) is 0.163. The maximum Gasteiger partial charge on any atom is 0.238 e. The van der Waals surface area contributed by atoms with Crippen LogP contribution in [0.3, 0.4) is 0 Å². The molecule has 6 aliphatic heterocycles. The van der Waals surface area contributed by atoms with E-state index in [4.69, 9.17) is 0 Å². The molecular weight excluding hydrogens is 889 g/mol. The third kappa shape index (κ3) is 8.50. The van der Waals surface area contributed by atoms with Gasteiger partial charge in [-0.05, 0) is 130 Å². The molecule has 2 spiro atoms. The number of nitrogens with zero attached hydrogens (tertiary/aromatic N) is 8. The van der Waals surface area contributed by atoms with Gasteiger partial charge < -0.3 is 15.1 Å². The van der Waals surface area contributed by atoms with Gasteiger partial charge in [0.05, 0.1) is 36.3 Å². The van der Waals surface area contributed by atoms with E-state index in [0.717, 1.165) is 110 Å². The first-order chi connectivity index (χ1) is 33.6. The second-order valence-corrected chi connectivity index (χ2v) is 21.1. The molecule has 0 radical (unpaired) electrons. The number of rotatable bonds is 8. The summed E-state index contributed by atoms with van der Waals surface area (Å²) >= 11 is 2.04. The van der Waals surface area contributed by atoms with Gasteiger partial charge in [-0.1, -0.05) is 60.7 Å². The highest BCUT2D eigenvalue weighted by Gasteiger charge is 2.54. The van der Waals surface area contributed by atoms with Crippen LogP contribution in [-0.4, -0.2) is 104 Å². The molecule has 2 unspecified atom stereocenters. The first-order valence-corrected chi connectivity index (χ1v) is 25.9. The van der Waals surface area contributed by atoms with Crippen LogP contribution in [0, 0.1) is 11.6 Å². The maximum absolute atomic E-state index is 15.2. The molecule has 6 aromatic rings. The number of fused-ring (bicyclic) bond motifs is 4. The van der Waals surface area contributed by atoms with Crippen LogP contribution < -0.4 is 15.1 Å². The van der Waals surface area contributed by atoms with Gasteiger partial charge in [0.2, 0.25) is 11.8 Å². The summed E-state index contributed by atoms with van der Waals surface area (Å²) in [6.45, 7) is 6.39. The lowest BCUT2D eigenvalue weighted by atomic mass is 9.73. The Balaban J connectivity index is 0.000000151. The van der Waals surface area contributed by atoms with Crippen molar-refractivity contribution >= 4 is 35.0 Å². The minimum Gasteiger partial charge on any atom is -0.315 e. The van der Waals surface area contributed by atoms with Gasteiger partial charge in [0.15, 0.2) is 0 Å². The molecule has 4 fully saturated rings. The molecule has 11 nitrogen and oxygen atoms in total. The molecule has 358 valence electrons. The van der Waals surface area contributed by atoms with E-state index in [1.807, 2.05) is 96.6 Å². The highest BCUT2D eigenvalue weighted by Crippen LogP contribution is 2.50. The SMILES string of the molecule is Cn1cc(-c2ccc(CN3C(=O)C4(CCN(C5CCCNC5)CC4)c4ccccc43)c(F)c2)cn1.Cn1cc(-c2ccc(CN3C(=O)C4(CCN(C5CCSC5)CC4)c4ccccc43)c(F)c2)cn1. The van der Waals surface area contributed by atoms with Crippen LogP contribution in [0.25, 0.3) is 22.3 Å². The molecule has 0 bridgehead atoms. The van der Waals surface area contributed by atoms with Crippen molar-refractivity contribution in [1.29, 1.82) is 0 Å². The Morgan fingerprint density at radius 2 is 1.13 bits per heavy atom. The molecule has 0 saturated carbocycles. The fraction of sp³-hybridized carbons (Fsp3) is 0.418. The minimum absolute atomic E-state index is 0.121.